The normalized spacial score (nSPS) is 10.2. The monoisotopic (exact) mass is 351 g/mol. The Bertz CT molecular complexity index is 779. The van der Waals surface area contributed by atoms with E-state index in [4.69, 9.17) is 21.1 Å². The summed E-state index contributed by atoms with van der Waals surface area (Å²) in [4.78, 5) is 24.0. The third-order valence-electron chi connectivity index (χ3n) is 3.15. The van der Waals surface area contributed by atoms with Gasteiger partial charge in [-0.25, -0.2) is 9.18 Å². The molecular weight excluding hydrogens is 337 g/mol. The minimum atomic E-state index is -0.666. The Morgan fingerprint density at radius 1 is 1.21 bits per heavy atom. The van der Waals surface area contributed by atoms with Crippen LogP contribution < -0.4 is 10.1 Å². The van der Waals surface area contributed by atoms with E-state index in [1.807, 2.05) is 0 Å². The van der Waals surface area contributed by atoms with Crippen LogP contribution in [-0.4, -0.2) is 25.6 Å². The van der Waals surface area contributed by atoms with Crippen molar-refractivity contribution in [3.05, 3.63) is 58.4 Å². The quantitative estimate of drug-likeness (QED) is 0.829. The lowest BCUT2D eigenvalue weighted by Crippen LogP contribution is -2.15. The molecule has 0 aromatic heterocycles. The molecule has 0 saturated carbocycles. The molecule has 0 saturated heterocycles. The number of nitrogens with one attached hydrogen (secondary N) is 1. The molecule has 1 N–H and O–H groups in total. The molecule has 2 rings (SSSR count). The highest BCUT2D eigenvalue weighted by molar-refractivity contribution is 6.34. The molecule has 0 aliphatic rings. The number of halogens is 2. The SMILES string of the molecule is CCOC(=O)c1cc(Cl)c(NC(=O)c2ccccc2F)cc1OC. The van der Waals surface area contributed by atoms with Crippen molar-refractivity contribution in [1.82, 2.24) is 0 Å². The maximum atomic E-state index is 13.7. The molecule has 7 heteroatoms. The summed E-state index contributed by atoms with van der Waals surface area (Å²) in [6.07, 6.45) is 0. The standard InChI is InChI=1S/C17H15ClFNO4/c1-3-24-17(22)11-8-12(18)14(9-15(11)23-2)20-16(21)10-6-4-5-7-13(10)19/h4-9H,3H2,1-2H3,(H,20,21). The summed E-state index contributed by atoms with van der Waals surface area (Å²) in [5, 5.41) is 2.60. The molecule has 0 bridgehead atoms. The minimum Gasteiger partial charge on any atom is -0.496 e. The second-order valence-corrected chi connectivity index (χ2v) is 5.09. The van der Waals surface area contributed by atoms with E-state index in [9.17, 15) is 14.0 Å². The minimum absolute atomic E-state index is 0.101. The summed E-state index contributed by atoms with van der Waals surface area (Å²) < 4.78 is 23.7. The first-order valence-electron chi connectivity index (χ1n) is 7.08. The Balaban J connectivity index is 2.33. The summed E-state index contributed by atoms with van der Waals surface area (Å²) in [7, 11) is 1.37. The lowest BCUT2D eigenvalue weighted by molar-refractivity contribution is 0.0522. The molecule has 2 aromatic carbocycles. The van der Waals surface area contributed by atoms with Gasteiger partial charge in [0.05, 0.1) is 30.0 Å². The summed E-state index contributed by atoms with van der Waals surface area (Å²) >= 11 is 6.10. The molecule has 24 heavy (non-hydrogen) atoms. The van der Waals surface area contributed by atoms with Gasteiger partial charge in [0.1, 0.15) is 17.1 Å². The van der Waals surface area contributed by atoms with Gasteiger partial charge >= 0.3 is 5.97 Å². The predicted octanol–water partition coefficient (Wildman–Crippen LogP) is 3.92. The summed E-state index contributed by atoms with van der Waals surface area (Å²) in [5.74, 6) is -1.73. The highest BCUT2D eigenvalue weighted by atomic mass is 35.5. The van der Waals surface area contributed by atoms with Crippen molar-refractivity contribution in [2.45, 2.75) is 6.92 Å². The highest BCUT2D eigenvalue weighted by Crippen LogP contribution is 2.32. The van der Waals surface area contributed by atoms with E-state index in [0.29, 0.717) is 0 Å². The van der Waals surface area contributed by atoms with Crippen molar-refractivity contribution in [2.24, 2.45) is 0 Å². The molecule has 2 aromatic rings. The van der Waals surface area contributed by atoms with Gasteiger partial charge in [-0.3, -0.25) is 4.79 Å². The predicted molar refractivity (Wildman–Crippen MR) is 88.3 cm³/mol. The van der Waals surface area contributed by atoms with Gasteiger partial charge in [0.2, 0.25) is 0 Å². The second kappa shape index (κ2) is 7.79. The highest BCUT2D eigenvalue weighted by Gasteiger charge is 2.19. The van der Waals surface area contributed by atoms with Gasteiger partial charge < -0.3 is 14.8 Å². The first-order valence-corrected chi connectivity index (χ1v) is 7.46. The average molecular weight is 352 g/mol. The molecule has 0 spiro atoms. The van der Waals surface area contributed by atoms with Crippen LogP contribution >= 0.6 is 11.6 Å². The molecule has 0 aliphatic heterocycles. The van der Waals surface area contributed by atoms with Crippen molar-refractivity contribution < 1.29 is 23.5 Å². The molecule has 0 atom stereocenters. The number of esters is 1. The third-order valence-corrected chi connectivity index (χ3v) is 3.46. The number of ether oxygens (including phenoxy) is 2. The maximum absolute atomic E-state index is 13.7. The molecule has 126 valence electrons. The van der Waals surface area contributed by atoms with Crippen LogP contribution in [0.15, 0.2) is 36.4 Å². The smallest absolute Gasteiger partial charge is 0.341 e. The zero-order valence-corrected chi connectivity index (χ0v) is 13.8. The Hall–Kier alpha value is -2.60. The van der Waals surface area contributed by atoms with E-state index in [-0.39, 0.29) is 34.2 Å². The van der Waals surface area contributed by atoms with Crippen molar-refractivity contribution in [2.75, 3.05) is 19.0 Å². The number of methoxy groups -OCH3 is 1. The van der Waals surface area contributed by atoms with Crippen LogP contribution in [0.2, 0.25) is 5.02 Å². The lowest BCUT2D eigenvalue weighted by atomic mass is 10.1. The zero-order valence-electron chi connectivity index (χ0n) is 13.1. The number of rotatable bonds is 5. The topological polar surface area (TPSA) is 64.6 Å². The number of carbonyl (C=O) groups excluding carboxylic acids is 2. The Morgan fingerprint density at radius 2 is 1.92 bits per heavy atom. The van der Waals surface area contributed by atoms with Crippen molar-refractivity contribution in [3.63, 3.8) is 0 Å². The van der Waals surface area contributed by atoms with Crippen LogP contribution in [0.3, 0.4) is 0 Å². The fourth-order valence-corrected chi connectivity index (χ4v) is 2.23. The van der Waals surface area contributed by atoms with Gasteiger partial charge in [-0.15, -0.1) is 0 Å². The largest absolute Gasteiger partial charge is 0.496 e. The van der Waals surface area contributed by atoms with Crippen molar-refractivity contribution in [3.8, 4) is 5.75 Å². The Labute approximate surface area is 143 Å². The molecule has 0 fully saturated rings. The number of carbonyl (C=O) groups is 2. The van der Waals surface area contributed by atoms with Gasteiger partial charge in [0, 0.05) is 6.07 Å². The number of hydrogen-bond acceptors (Lipinski definition) is 4. The maximum Gasteiger partial charge on any atom is 0.341 e. The van der Waals surface area contributed by atoms with Crippen molar-refractivity contribution >= 4 is 29.2 Å². The van der Waals surface area contributed by atoms with Crippen LogP contribution in [0.5, 0.6) is 5.75 Å². The molecule has 0 unspecified atom stereocenters. The fourth-order valence-electron chi connectivity index (χ4n) is 2.02. The van der Waals surface area contributed by atoms with E-state index in [2.05, 4.69) is 5.32 Å². The van der Waals surface area contributed by atoms with Gasteiger partial charge in [-0.2, -0.15) is 0 Å². The summed E-state index contributed by atoms with van der Waals surface area (Å²) in [6, 6.07) is 8.27. The van der Waals surface area contributed by atoms with Crippen molar-refractivity contribution in [1.29, 1.82) is 0 Å². The van der Waals surface area contributed by atoms with Crippen LogP contribution in [0.25, 0.3) is 0 Å². The van der Waals surface area contributed by atoms with E-state index in [0.717, 1.165) is 0 Å². The summed E-state index contributed by atoms with van der Waals surface area (Å²) in [6.45, 7) is 1.88. The number of anilines is 1. The second-order valence-electron chi connectivity index (χ2n) is 4.69. The van der Waals surface area contributed by atoms with Gasteiger partial charge in [0.25, 0.3) is 5.91 Å². The summed E-state index contributed by atoms with van der Waals surface area (Å²) in [5.41, 5.74) is 0.199. The molecule has 1 amide bonds. The number of benzene rings is 2. The third kappa shape index (κ3) is 3.83. The Kier molecular flexibility index (Phi) is 5.76. The molecule has 0 aliphatic carbocycles. The zero-order chi connectivity index (χ0) is 17.7. The molecule has 0 radical (unpaired) electrons. The van der Waals surface area contributed by atoms with Crippen LogP contribution in [0.4, 0.5) is 10.1 Å². The molecular formula is C17H15ClFNO4. The van der Waals surface area contributed by atoms with E-state index < -0.39 is 17.7 Å². The van der Waals surface area contributed by atoms with Crippen LogP contribution in [0.1, 0.15) is 27.6 Å². The van der Waals surface area contributed by atoms with E-state index in [1.54, 1.807) is 13.0 Å². The number of amides is 1. The van der Waals surface area contributed by atoms with E-state index >= 15 is 0 Å². The average Bonchev–Trinajstić information content (AvgIpc) is 2.56. The Morgan fingerprint density at radius 3 is 2.54 bits per heavy atom. The molecule has 5 nitrogen and oxygen atoms in total. The lowest BCUT2D eigenvalue weighted by Gasteiger charge is -2.13. The van der Waals surface area contributed by atoms with Crippen LogP contribution in [0, 0.1) is 5.82 Å². The van der Waals surface area contributed by atoms with Crippen LogP contribution in [-0.2, 0) is 4.74 Å². The van der Waals surface area contributed by atoms with Gasteiger partial charge in [-0.05, 0) is 25.1 Å². The molecule has 0 heterocycles. The first-order chi connectivity index (χ1) is 11.5. The fraction of sp³-hybridized carbons (Fsp3) is 0.176. The van der Waals surface area contributed by atoms with Gasteiger partial charge in [-0.1, -0.05) is 23.7 Å². The number of hydrogen-bond donors (Lipinski definition) is 1. The van der Waals surface area contributed by atoms with E-state index in [1.165, 1.54) is 37.4 Å². The first kappa shape index (κ1) is 17.7. The van der Waals surface area contributed by atoms with Gasteiger partial charge in [0.15, 0.2) is 0 Å².